The van der Waals surface area contributed by atoms with Crippen LogP contribution < -0.4 is 5.32 Å². The van der Waals surface area contributed by atoms with E-state index in [1.54, 1.807) is 6.20 Å². The summed E-state index contributed by atoms with van der Waals surface area (Å²) in [6.07, 6.45) is 4.81. The van der Waals surface area contributed by atoms with Gasteiger partial charge >= 0.3 is 0 Å². The highest BCUT2D eigenvalue weighted by atomic mass is 15.0. The van der Waals surface area contributed by atoms with Gasteiger partial charge in [-0.1, -0.05) is 20.3 Å². The molecule has 0 aliphatic rings. The van der Waals surface area contributed by atoms with Crippen molar-refractivity contribution in [2.75, 3.05) is 11.9 Å². The zero-order valence-corrected chi connectivity index (χ0v) is 12.3. The minimum absolute atomic E-state index is 0.667. The largest absolute Gasteiger partial charge is 0.370 e. The summed E-state index contributed by atoms with van der Waals surface area (Å²) in [4.78, 5) is 17.7. The SMILES string of the molecule is CCCNc1cc(CCC)nc(-c2ccnc(C)n2)n1. The topological polar surface area (TPSA) is 63.6 Å². The number of hydrogen-bond donors (Lipinski definition) is 1. The maximum atomic E-state index is 4.60. The van der Waals surface area contributed by atoms with Gasteiger partial charge in [0.1, 0.15) is 17.3 Å². The van der Waals surface area contributed by atoms with Gasteiger partial charge in [-0.2, -0.15) is 0 Å². The predicted molar refractivity (Wildman–Crippen MR) is 80.6 cm³/mol. The molecule has 106 valence electrons. The Balaban J connectivity index is 2.37. The monoisotopic (exact) mass is 271 g/mol. The van der Waals surface area contributed by atoms with Crippen molar-refractivity contribution in [2.24, 2.45) is 0 Å². The number of anilines is 1. The molecule has 0 spiro atoms. The van der Waals surface area contributed by atoms with Crippen LogP contribution in [-0.4, -0.2) is 26.5 Å². The molecule has 0 aliphatic carbocycles. The maximum Gasteiger partial charge on any atom is 0.180 e. The molecule has 0 saturated carbocycles. The van der Waals surface area contributed by atoms with Crippen LogP contribution in [-0.2, 0) is 6.42 Å². The van der Waals surface area contributed by atoms with E-state index in [2.05, 4.69) is 39.1 Å². The Morgan fingerprint density at radius 3 is 2.65 bits per heavy atom. The van der Waals surface area contributed by atoms with E-state index >= 15 is 0 Å². The van der Waals surface area contributed by atoms with Gasteiger partial charge in [0.2, 0.25) is 0 Å². The van der Waals surface area contributed by atoms with Gasteiger partial charge in [0.15, 0.2) is 5.82 Å². The van der Waals surface area contributed by atoms with Crippen molar-refractivity contribution in [1.82, 2.24) is 19.9 Å². The summed E-state index contributed by atoms with van der Waals surface area (Å²) in [7, 11) is 0. The lowest BCUT2D eigenvalue weighted by Crippen LogP contribution is -2.06. The fourth-order valence-electron chi connectivity index (χ4n) is 1.92. The highest BCUT2D eigenvalue weighted by Gasteiger charge is 2.08. The van der Waals surface area contributed by atoms with E-state index in [4.69, 9.17) is 0 Å². The van der Waals surface area contributed by atoms with Crippen LogP contribution in [0.4, 0.5) is 5.82 Å². The molecule has 0 amide bonds. The van der Waals surface area contributed by atoms with Gasteiger partial charge in [-0.05, 0) is 25.8 Å². The smallest absolute Gasteiger partial charge is 0.180 e. The Labute approximate surface area is 119 Å². The molecule has 1 N–H and O–H groups in total. The van der Waals surface area contributed by atoms with Gasteiger partial charge in [0.05, 0.1) is 0 Å². The second-order valence-electron chi connectivity index (χ2n) is 4.73. The summed E-state index contributed by atoms with van der Waals surface area (Å²) in [6.45, 7) is 7.06. The first-order valence-electron chi connectivity index (χ1n) is 7.14. The zero-order valence-electron chi connectivity index (χ0n) is 12.3. The van der Waals surface area contributed by atoms with E-state index in [0.29, 0.717) is 5.82 Å². The standard InChI is InChI=1S/C15H21N5/c1-4-6-12-10-14(17-8-5-2)20-15(19-12)13-7-9-16-11(3)18-13/h7,9-10H,4-6,8H2,1-3H3,(H,17,19,20). The molecule has 0 fully saturated rings. The van der Waals surface area contributed by atoms with Gasteiger partial charge < -0.3 is 5.32 Å². The second kappa shape index (κ2) is 6.93. The quantitative estimate of drug-likeness (QED) is 0.875. The van der Waals surface area contributed by atoms with Crippen LogP contribution in [0.25, 0.3) is 11.5 Å². The van der Waals surface area contributed by atoms with E-state index in [-0.39, 0.29) is 0 Å². The summed E-state index contributed by atoms with van der Waals surface area (Å²) < 4.78 is 0. The molecule has 2 heterocycles. The third-order valence-electron chi connectivity index (χ3n) is 2.85. The first kappa shape index (κ1) is 14.4. The van der Waals surface area contributed by atoms with Crippen LogP contribution in [0.2, 0.25) is 0 Å². The second-order valence-corrected chi connectivity index (χ2v) is 4.73. The molecule has 0 aromatic carbocycles. The molecule has 2 rings (SSSR count). The predicted octanol–water partition coefficient (Wildman–Crippen LogP) is 3.02. The van der Waals surface area contributed by atoms with Crippen LogP contribution in [0.5, 0.6) is 0 Å². The average molecular weight is 271 g/mol. The highest BCUT2D eigenvalue weighted by molar-refractivity contribution is 5.52. The van der Waals surface area contributed by atoms with Gasteiger partial charge in [-0.15, -0.1) is 0 Å². The van der Waals surface area contributed by atoms with Crippen molar-refractivity contribution in [2.45, 2.75) is 40.0 Å². The van der Waals surface area contributed by atoms with E-state index < -0.39 is 0 Å². The Kier molecular flexibility index (Phi) is 4.98. The fraction of sp³-hybridized carbons (Fsp3) is 0.467. The average Bonchev–Trinajstić information content (AvgIpc) is 2.45. The molecule has 0 radical (unpaired) electrons. The molecule has 0 saturated heterocycles. The number of aryl methyl sites for hydroxylation is 2. The number of rotatable bonds is 6. The van der Waals surface area contributed by atoms with Crippen LogP contribution in [0.15, 0.2) is 18.3 Å². The molecule has 0 atom stereocenters. The summed E-state index contributed by atoms with van der Waals surface area (Å²) in [5.74, 6) is 2.27. The van der Waals surface area contributed by atoms with Gasteiger partial charge in [0, 0.05) is 24.5 Å². The van der Waals surface area contributed by atoms with Crippen molar-refractivity contribution in [1.29, 1.82) is 0 Å². The summed E-state index contributed by atoms with van der Waals surface area (Å²) in [5.41, 5.74) is 1.82. The van der Waals surface area contributed by atoms with Gasteiger partial charge in [-0.25, -0.2) is 19.9 Å². The summed E-state index contributed by atoms with van der Waals surface area (Å²) in [6, 6.07) is 3.87. The molecular weight excluding hydrogens is 250 g/mol. The van der Waals surface area contributed by atoms with Crippen molar-refractivity contribution in [3.8, 4) is 11.5 Å². The molecule has 5 heteroatoms. The van der Waals surface area contributed by atoms with E-state index in [1.165, 1.54) is 0 Å². The zero-order chi connectivity index (χ0) is 14.4. The Morgan fingerprint density at radius 1 is 1.10 bits per heavy atom. The van der Waals surface area contributed by atoms with Gasteiger partial charge in [-0.3, -0.25) is 0 Å². The minimum Gasteiger partial charge on any atom is -0.370 e. The van der Waals surface area contributed by atoms with Crippen LogP contribution in [0.3, 0.4) is 0 Å². The Hall–Kier alpha value is -2.04. The Bertz CT molecular complexity index is 568. The normalized spacial score (nSPS) is 10.6. The molecule has 2 aromatic heterocycles. The van der Waals surface area contributed by atoms with Crippen molar-refractivity contribution in [3.05, 3.63) is 29.8 Å². The lowest BCUT2D eigenvalue weighted by atomic mass is 10.2. The van der Waals surface area contributed by atoms with Crippen LogP contribution >= 0.6 is 0 Å². The fourth-order valence-corrected chi connectivity index (χ4v) is 1.92. The third-order valence-corrected chi connectivity index (χ3v) is 2.85. The van der Waals surface area contributed by atoms with Crippen LogP contribution in [0.1, 0.15) is 38.2 Å². The van der Waals surface area contributed by atoms with Crippen LogP contribution in [0, 0.1) is 6.92 Å². The van der Waals surface area contributed by atoms with Crippen molar-refractivity contribution < 1.29 is 0 Å². The maximum absolute atomic E-state index is 4.60. The van der Waals surface area contributed by atoms with E-state index in [9.17, 15) is 0 Å². The minimum atomic E-state index is 0.667. The third kappa shape index (κ3) is 3.73. The highest BCUT2D eigenvalue weighted by Crippen LogP contribution is 2.16. The Morgan fingerprint density at radius 2 is 1.95 bits per heavy atom. The van der Waals surface area contributed by atoms with E-state index in [0.717, 1.165) is 48.8 Å². The molecular formula is C15H21N5. The lowest BCUT2D eigenvalue weighted by molar-refractivity contribution is 0.869. The lowest BCUT2D eigenvalue weighted by Gasteiger charge is -2.09. The molecule has 5 nitrogen and oxygen atoms in total. The number of hydrogen-bond acceptors (Lipinski definition) is 5. The van der Waals surface area contributed by atoms with E-state index in [1.807, 2.05) is 19.1 Å². The van der Waals surface area contributed by atoms with Crippen molar-refractivity contribution >= 4 is 5.82 Å². The first-order chi connectivity index (χ1) is 9.72. The molecule has 0 unspecified atom stereocenters. The summed E-state index contributed by atoms with van der Waals surface area (Å²) >= 11 is 0. The van der Waals surface area contributed by atoms with Gasteiger partial charge in [0.25, 0.3) is 0 Å². The molecule has 2 aromatic rings. The first-order valence-corrected chi connectivity index (χ1v) is 7.14. The number of nitrogens with one attached hydrogen (secondary N) is 1. The number of aromatic nitrogens is 4. The molecule has 20 heavy (non-hydrogen) atoms. The summed E-state index contributed by atoms with van der Waals surface area (Å²) in [5, 5.41) is 3.32. The number of nitrogens with zero attached hydrogens (tertiary/aromatic N) is 4. The van der Waals surface area contributed by atoms with Crippen molar-refractivity contribution in [3.63, 3.8) is 0 Å². The molecule has 0 aliphatic heterocycles. The molecule has 0 bridgehead atoms.